The van der Waals surface area contributed by atoms with Crippen LogP contribution in [0.4, 0.5) is 18.4 Å². The van der Waals surface area contributed by atoms with Crippen LogP contribution in [-0.2, 0) is 20.2 Å². The van der Waals surface area contributed by atoms with E-state index in [1.807, 2.05) is 51.1 Å². The van der Waals surface area contributed by atoms with Gasteiger partial charge >= 0.3 is 12.2 Å². The molecule has 61 heavy (non-hydrogen) atoms. The molecule has 3 atom stereocenters. The van der Waals surface area contributed by atoms with Crippen molar-refractivity contribution in [1.82, 2.24) is 35.1 Å². The summed E-state index contributed by atoms with van der Waals surface area (Å²) in [6, 6.07) is 16.4. The third kappa shape index (κ3) is 7.75. The van der Waals surface area contributed by atoms with E-state index in [9.17, 15) is 19.5 Å². The van der Waals surface area contributed by atoms with Crippen LogP contribution in [0.2, 0.25) is 0 Å². The van der Waals surface area contributed by atoms with Crippen LogP contribution >= 0.6 is 0 Å². The summed E-state index contributed by atoms with van der Waals surface area (Å²) >= 11 is 0. The van der Waals surface area contributed by atoms with Gasteiger partial charge in [-0.05, 0) is 105 Å². The van der Waals surface area contributed by atoms with Gasteiger partial charge in [-0.2, -0.15) is 8.78 Å². The zero-order chi connectivity index (χ0) is 42.6. The second-order valence-corrected chi connectivity index (χ2v) is 17.4. The Labute approximate surface area is 351 Å². The molecular weight excluding hydrogens is 785 g/mol. The van der Waals surface area contributed by atoms with Crippen LogP contribution < -0.4 is 5.32 Å². The van der Waals surface area contributed by atoms with Gasteiger partial charge in [-0.15, -0.1) is 0 Å². The van der Waals surface area contributed by atoms with E-state index in [0.29, 0.717) is 85.2 Å². The highest BCUT2D eigenvalue weighted by molar-refractivity contribution is 5.87. The number of rotatable bonds is 8. The summed E-state index contributed by atoms with van der Waals surface area (Å²) < 4.78 is 43.9. The predicted molar refractivity (Wildman–Crippen MR) is 223 cm³/mol. The van der Waals surface area contributed by atoms with E-state index in [1.54, 1.807) is 46.5 Å². The Morgan fingerprint density at radius 1 is 0.787 bits per heavy atom. The number of benzene rings is 3. The first-order valence-corrected chi connectivity index (χ1v) is 21.0. The quantitative estimate of drug-likeness (QED) is 0.120. The lowest BCUT2D eigenvalue weighted by atomic mass is 9.90. The maximum atomic E-state index is 16.4. The van der Waals surface area contributed by atoms with Crippen molar-refractivity contribution in [1.29, 1.82) is 0 Å². The van der Waals surface area contributed by atoms with Gasteiger partial charge in [-0.3, -0.25) is 9.69 Å². The van der Waals surface area contributed by atoms with E-state index in [4.69, 9.17) is 9.47 Å². The maximum Gasteiger partial charge on any atom is 0.410 e. The van der Waals surface area contributed by atoms with Crippen LogP contribution in [0, 0.1) is 5.92 Å². The second-order valence-electron chi connectivity index (χ2n) is 17.4. The molecule has 3 aromatic carbocycles. The number of alkyl halides is 2. The molecule has 4 aliphatic rings. The van der Waals surface area contributed by atoms with E-state index in [2.05, 4.69) is 25.3 Å². The number of fused-ring (bicyclic) bond motifs is 3. The number of hydrogen-bond donors (Lipinski definition) is 4. The molecule has 15 heteroatoms. The summed E-state index contributed by atoms with van der Waals surface area (Å²) in [4.78, 5) is 57.7. The van der Waals surface area contributed by atoms with Crippen molar-refractivity contribution in [3.05, 3.63) is 95.8 Å². The fraction of sp³-hybridized carbons (Fsp3) is 0.413. The lowest BCUT2D eigenvalue weighted by Crippen LogP contribution is -2.52. The van der Waals surface area contributed by atoms with Gasteiger partial charge in [0.2, 0.25) is 5.91 Å². The molecule has 9 rings (SSSR count). The van der Waals surface area contributed by atoms with Crippen molar-refractivity contribution in [2.45, 2.75) is 88.9 Å². The number of hydrogen-bond acceptors (Lipinski definition) is 7. The van der Waals surface area contributed by atoms with Crippen LogP contribution in [-0.4, -0.2) is 90.9 Å². The highest BCUT2D eigenvalue weighted by Crippen LogP contribution is 2.53. The minimum Gasteiger partial charge on any atom is -0.465 e. The largest absolute Gasteiger partial charge is 0.465 e. The van der Waals surface area contributed by atoms with E-state index in [1.165, 1.54) is 6.07 Å². The zero-order valence-corrected chi connectivity index (χ0v) is 34.3. The number of nitrogens with one attached hydrogen (secondary N) is 3. The normalized spacial score (nSPS) is 20.3. The number of amides is 3. The van der Waals surface area contributed by atoms with Gasteiger partial charge in [0.25, 0.3) is 5.92 Å². The average Bonchev–Trinajstić information content (AvgIpc) is 4.10. The summed E-state index contributed by atoms with van der Waals surface area (Å²) in [5.74, 6) is -2.51. The number of imidazole rings is 2. The Kier molecular flexibility index (Phi) is 10.4. The fourth-order valence-electron chi connectivity index (χ4n) is 9.36. The van der Waals surface area contributed by atoms with Gasteiger partial charge < -0.3 is 34.8 Å². The van der Waals surface area contributed by atoms with Crippen LogP contribution in [0.5, 0.6) is 0 Å². The summed E-state index contributed by atoms with van der Waals surface area (Å²) in [5.41, 5.74) is 4.37. The van der Waals surface area contributed by atoms with Gasteiger partial charge in [-0.25, -0.2) is 19.6 Å². The number of aromatic amines is 2. The topological polar surface area (TPSA) is 166 Å². The van der Waals surface area contributed by atoms with Crippen molar-refractivity contribution in [3.63, 3.8) is 0 Å². The lowest BCUT2D eigenvalue weighted by Gasteiger charge is -2.33. The molecule has 2 aromatic heterocycles. The standard InChI is InChI=1S/C46H49F2N7O6/c1-45(2,3)61-44(59)55-19-5-7-38(55)41-49-24-35(51-41)27-10-8-26(9-11-27)29-12-14-31-32-15-13-30(23-34(32)46(47,48)33(31)22-29)36-25-50-40(52-36)37-6-4-18-54(37)42(56)39(53-43(57)58)28-16-20-60-21-17-28/h8-15,22-25,28,37-39,53H,4-7,16-21H2,1-3H3,(H,49,51)(H,50,52)(H,57,58)/t37-,38-,39-/m0/s1. The Morgan fingerprint density at radius 2 is 1.31 bits per heavy atom. The Bertz CT molecular complexity index is 2470. The number of aromatic nitrogens is 4. The number of carboxylic acid groups (broad SMARTS) is 1. The van der Waals surface area contributed by atoms with Crippen molar-refractivity contribution < 1.29 is 37.7 Å². The molecule has 0 radical (unpaired) electrons. The molecule has 3 amide bonds. The molecule has 0 saturated carbocycles. The van der Waals surface area contributed by atoms with E-state index >= 15 is 8.78 Å². The number of carbonyl (C=O) groups is 3. The van der Waals surface area contributed by atoms with Crippen LogP contribution in [0.1, 0.15) is 94.2 Å². The molecule has 0 bridgehead atoms. The smallest absolute Gasteiger partial charge is 0.410 e. The molecule has 5 heterocycles. The van der Waals surface area contributed by atoms with Gasteiger partial charge in [0, 0.05) is 43.0 Å². The summed E-state index contributed by atoms with van der Waals surface area (Å²) in [6.07, 6.45) is 5.88. The number of nitrogens with zero attached hydrogens (tertiary/aromatic N) is 4. The molecule has 3 aliphatic heterocycles. The fourth-order valence-corrected chi connectivity index (χ4v) is 9.36. The number of H-pyrrole nitrogens is 2. The van der Waals surface area contributed by atoms with Gasteiger partial charge in [0.05, 0.1) is 35.9 Å². The highest BCUT2D eigenvalue weighted by Gasteiger charge is 2.45. The molecule has 0 spiro atoms. The molecular formula is C46H49F2N7O6. The molecule has 1 aliphatic carbocycles. The third-order valence-electron chi connectivity index (χ3n) is 12.4. The average molecular weight is 834 g/mol. The first kappa shape index (κ1) is 40.3. The molecule has 4 N–H and O–H groups in total. The Balaban J connectivity index is 0.904. The third-order valence-corrected chi connectivity index (χ3v) is 12.4. The van der Waals surface area contributed by atoms with E-state index in [-0.39, 0.29) is 35.1 Å². The first-order chi connectivity index (χ1) is 29.2. The molecule has 3 fully saturated rings. The van der Waals surface area contributed by atoms with Crippen molar-refractivity contribution >= 4 is 18.1 Å². The maximum absolute atomic E-state index is 16.4. The monoisotopic (exact) mass is 833 g/mol. The lowest BCUT2D eigenvalue weighted by molar-refractivity contribution is -0.136. The minimum absolute atomic E-state index is 0.0648. The molecule has 318 valence electrons. The summed E-state index contributed by atoms with van der Waals surface area (Å²) in [5, 5.41) is 12.0. The SMILES string of the molecule is CC(C)(C)OC(=O)N1CCC[C@H]1c1ncc(-c2ccc(-c3ccc4c(c3)C(F)(F)c3cc(-c5cnc([C@@H]6CCCN6C(=O)[C@@H](NC(=O)O)C6CCOCC6)[nH]5)ccc3-4)cc2)[nH]1. The number of carbonyl (C=O) groups excluding carboxylic acids is 2. The Hall–Kier alpha value is -6.09. The highest BCUT2D eigenvalue weighted by atomic mass is 19.3. The second kappa shape index (κ2) is 15.7. The number of ether oxygens (including phenoxy) is 2. The zero-order valence-electron chi connectivity index (χ0n) is 34.3. The first-order valence-electron chi connectivity index (χ1n) is 21.0. The summed E-state index contributed by atoms with van der Waals surface area (Å²) in [7, 11) is 0. The van der Waals surface area contributed by atoms with Gasteiger partial charge in [0.15, 0.2) is 0 Å². The van der Waals surface area contributed by atoms with E-state index < -0.39 is 29.7 Å². The van der Waals surface area contributed by atoms with Crippen LogP contribution in [0.3, 0.4) is 0 Å². The number of halogens is 2. The summed E-state index contributed by atoms with van der Waals surface area (Å²) in [6.45, 7) is 7.54. The van der Waals surface area contributed by atoms with Crippen LogP contribution in [0.15, 0.2) is 73.1 Å². The molecule has 13 nitrogen and oxygen atoms in total. The number of likely N-dealkylation sites (tertiary alicyclic amines) is 2. The van der Waals surface area contributed by atoms with Crippen molar-refractivity contribution in [2.75, 3.05) is 26.3 Å². The van der Waals surface area contributed by atoms with Crippen molar-refractivity contribution in [3.8, 4) is 44.8 Å². The molecule has 3 saturated heterocycles. The van der Waals surface area contributed by atoms with Crippen molar-refractivity contribution in [2.24, 2.45) is 5.92 Å². The Morgan fingerprint density at radius 3 is 1.92 bits per heavy atom. The van der Waals surface area contributed by atoms with E-state index in [0.717, 1.165) is 36.1 Å². The van der Waals surface area contributed by atoms with Gasteiger partial charge in [0.1, 0.15) is 23.3 Å². The molecule has 5 aromatic rings. The van der Waals surface area contributed by atoms with Gasteiger partial charge in [-0.1, -0.05) is 48.5 Å². The van der Waals surface area contributed by atoms with Crippen LogP contribution in [0.25, 0.3) is 44.8 Å². The predicted octanol–water partition coefficient (Wildman–Crippen LogP) is 9.05. The molecule has 0 unspecified atom stereocenters. The minimum atomic E-state index is -3.26.